The summed E-state index contributed by atoms with van der Waals surface area (Å²) in [6, 6.07) is 3.96. The van der Waals surface area contributed by atoms with Crippen molar-refractivity contribution in [1.29, 1.82) is 0 Å². The van der Waals surface area contributed by atoms with Gasteiger partial charge in [-0.1, -0.05) is 50.6 Å². The quantitative estimate of drug-likeness (QED) is 0.678. The second-order valence-corrected chi connectivity index (χ2v) is 7.28. The zero-order valence-electron chi connectivity index (χ0n) is 15.2. The minimum Gasteiger partial charge on any atom is -0.338 e. The number of nitrogens with zero attached hydrogens (tertiary/aromatic N) is 3. The first kappa shape index (κ1) is 18.1. The van der Waals surface area contributed by atoms with Crippen LogP contribution >= 0.6 is 0 Å². The van der Waals surface area contributed by atoms with Gasteiger partial charge >= 0.3 is 0 Å². The van der Waals surface area contributed by atoms with Crippen LogP contribution < -0.4 is 5.32 Å². The molecule has 0 amide bonds. The van der Waals surface area contributed by atoms with Crippen molar-refractivity contribution >= 4 is 0 Å². The van der Waals surface area contributed by atoms with Crippen LogP contribution in [0.5, 0.6) is 0 Å². The van der Waals surface area contributed by atoms with Crippen molar-refractivity contribution in [1.82, 2.24) is 20.4 Å². The Hall–Kier alpha value is -1.75. The van der Waals surface area contributed by atoms with E-state index < -0.39 is 0 Å². The molecule has 2 aromatic heterocycles. The number of rotatable bonds is 9. The van der Waals surface area contributed by atoms with Crippen LogP contribution in [0.25, 0.3) is 0 Å². The molecular formula is C20H30N4O. The molecule has 2 heterocycles. The summed E-state index contributed by atoms with van der Waals surface area (Å²) in [5, 5.41) is 7.42. The molecule has 1 aliphatic carbocycles. The van der Waals surface area contributed by atoms with Crippen molar-refractivity contribution in [2.45, 2.75) is 64.3 Å². The molecule has 5 nitrogen and oxygen atoms in total. The van der Waals surface area contributed by atoms with Gasteiger partial charge in [-0.05, 0) is 48.9 Å². The van der Waals surface area contributed by atoms with Gasteiger partial charge in [-0.25, -0.2) is 0 Å². The third kappa shape index (κ3) is 5.36. The van der Waals surface area contributed by atoms with Gasteiger partial charge in [-0.3, -0.25) is 4.98 Å². The number of hydrogen-bond acceptors (Lipinski definition) is 5. The Bertz CT molecular complexity index is 579. The Morgan fingerprint density at radius 2 is 1.88 bits per heavy atom. The smallest absolute Gasteiger partial charge is 0.248 e. The lowest BCUT2D eigenvalue weighted by molar-refractivity contribution is 0.245. The molecule has 5 heteroatoms. The molecule has 0 spiro atoms. The molecule has 1 unspecified atom stereocenters. The Kier molecular flexibility index (Phi) is 6.98. The van der Waals surface area contributed by atoms with Gasteiger partial charge in [0.1, 0.15) is 6.04 Å². The summed E-state index contributed by atoms with van der Waals surface area (Å²) >= 11 is 0. The van der Waals surface area contributed by atoms with E-state index in [0.29, 0.717) is 5.89 Å². The van der Waals surface area contributed by atoms with Crippen LogP contribution in [0.3, 0.4) is 0 Å². The number of hydrogen-bond donors (Lipinski definition) is 1. The molecule has 0 aliphatic heterocycles. The van der Waals surface area contributed by atoms with Crippen LogP contribution in [0, 0.1) is 11.8 Å². The van der Waals surface area contributed by atoms with E-state index in [4.69, 9.17) is 4.52 Å². The first-order valence-electron chi connectivity index (χ1n) is 9.76. The van der Waals surface area contributed by atoms with Gasteiger partial charge in [-0.15, -0.1) is 0 Å². The molecule has 1 fully saturated rings. The van der Waals surface area contributed by atoms with Crippen LogP contribution in [0.1, 0.15) is 75.8 Å². The summed E-state index contributed by atoms with van der Waals surface area (Å²) in [7, 11) is 0. The predicted octanol–water partition coefficient (Wildman–Crippen LogP) is 4.53. The topological polar surface area (TPSA) is 63.8 Å². The lowest BCUT2D eigenvalue weighted by Crippen LogP contribution is -2.30. The molecule has 2 aromatic rings. The first-order chi connectivity index (χ1) is 12.4. The van der Waals surface area contributed by atoms with Gasteiger partial charge in [0.15, 0.2) is 6.33 Å². The fourth-order valence-corrected chi connectivity index (χ4v) is 3.90. The van der Waals surface area contributed by atoms with E-state index in [9.17, 15) is 0 Å². The molecule has 0 saturated heterocycles. The summed E-state index contributed by atoms with van der Waals surface area (Å²) in [5.74, 6) is 2.32. The minimum atomic E-state index is -0.0484. The largest absolute Gasteiger partial charge is 0.338 e. The van der Waals surface area contributed by atoms with Gasteiger partial charge < -0.3 is 9.84 Å². The summed E-state index contributed by atoms with van der Waals surface area (Å²) in [6.07, 6.45) is 16.1. The maximum absolute atomic E-state index is 5.32. The molecule has 1 N–H and O–H groups in total. The summed E-state index contributed by atoms with van der Waals surface area (Å²) in [4.78, 5) is 8.35. The minimum absolute atomic E-state index is 0.0484. The number of pyridine rings is 1. The molecule has 1 atom stereocenters. The van der Waals surface area contributed by atoms with E-state index in [1.807, 2.05) is 24.5 Å². The third-order valence-corrected chi connectivity index (χ3v) is 5.46. The average Bonchev–Trinajstić information content (AvgIpc) is 3.19. The molecule has 3 rings (SSSR count). The van der Waals surface area contributed by atoms with Crippen molar-refractivity contribution in [2.75, 3.05) is 6.54 Å². The molecule has 1 saturated carbocycles. The van der Waals surface area contributed by atoms with Crippen molar-refractivity contribution in [2.24, 2.45) is 11.8 Å². The zero-order valence-corrected chi connectivity index (χ0v) is 15.2. The highest BCUT2D eigenvalue weighted by molar-refractivity contribution is 5.20. The van der Waals surface area contributed by atoms with Crippen molar-refractivity contribution in [3.8, 4) is 0 Å². The maximum Gasteiger partial charge on any atom is 0.248 e. The fourth-order valence-electron chi connectivity index (χ4n) is 3.90. The summed E-state index contributed by atoms with van der Waals surface area (Å²) in [6.45, 7) is 3.28. The van der Waals surface area contributed by atoms with Gasteiger partial charge in [0.05, 0.1) is 0 Å². The van der Waals surface area contributed by atoms with Crippen LogP contribution in [0.15, 0.2) is 35.4 Å². The normalized spacial score (nSPS) is 22.0. The molecule has 136 valence electrons. The van der Waals surface area contributed by atoms with Crippen LogP contribution in [-0.4, -0.2) is 21.7 Å². The second-order valence-electron chi connectivity index (χ2n) is 7.28. The Labute approximate surface area is 150 Å². The van der Waals surface area contributed by atoms with Gasteiger partial charge in [0.25, 0.3) is 0 Å². The van der Waals surface area contributed by atoms with E-state index in [0.717, 1.165) is 23.9 Å². The van der Waals surface area contributed by atoms with Crippen molar-refractivity contribution < 1.29 is 4.52 Å². The molecule has 1 aliphatic rings. The van der Waals surface area contributed by atoms with Gasteiger partial charge in [-0.2, -0.15) is 4.98 Å². The Balaban J connectivity index is 1.49. The highest BCUT2D eigenvalue weighted by atomic mass is 16.5. The Morgan fingerprint density at radius 1 is 1.12 bits per heavy atom. The lowest BCUT2D eigenvalue weighted by Gasteiger charge is -2.29. The van der Waals surface area contributed by atoms with Crippen LogP contribution in [0.4, 0.5) is 0 Å². The number of aromatic nitrogens is 3. The maximum atomic E-state index is 5.32. The molecular weight excluding hydrogens is 312 g/mol. The Morgan fingerprint density at radius 3 is 2.56 bits per heavy atom. The fraction of sp³-hybridized carbons (Fsp3) is 0.650. The average molecular weight is 342 g/mol. The highest BCUT2D eigenvalue weighted by Crippen LogP contribution is 2.32. The van der Waals surface area contributed by atoms with Crippen molar-refractivity contribution in [3.63, 3.8) is 0 Å². The molecule has 0 radical (unpaired) electrons. The lowest BCUT2D eigenvalue weighted by atomic mass is 9.79. The van der Waals surface area contributed by atoms with Gasteiger partial charge in [0.2, 0.25) is 5.89 Å². The number of nitrogens with one attached hydrogen (secondary N) is 1. The van der Waals surface area contributed by atoms with E-state index in [1.165, 1.54) is 57.7 Å². The standard InChI is InChI=1S/C20H30N4O/c1-2-3-4-5-16-6-8-17(9-7-16)14-22-19(20-23-15-24-25-20)18-10-12-21-13-11-18/h10-13,15-17,19,22H,2-9,14H2,1H3. The monoisotopic (exact) mass is 342 g/mol. The number of unbranched alkanes of at least 4 members (excludes halogenated alkanes) is 2. The van der Waals surface area contributed by atoms with Crippen LogP contribution in [0.2, 0.25) is 0 Å². The SMILES string of the molecule is CCCCCC1CCC(CNC(c2ccncc2)c2ncno2)CC1. The molecule has 25 heavy (non-hydrogen) atoms. The van der Waals surface area contributed by atoms with E-state index in [1.54, 1.807) is 0 Å². The molecule has 0 bridgehead atoms. The van der Waals surface area contributed by atoms with Gasteiger partial charge in [0, 0.05) is 12.4 Å². The van der Waals surface area contributed by atoms with E-state index in [2.05, 4.69) is 27.4 Å². The third-order valence-electron chi connectivity index (χ3n) is 5.46. The first-order valence-corrected chi connectivity index (χ1v) is 9.76. The summed E-state index contributed by atoms with van der Waals surface area (Å²) < 4.78 is 5.32. The molecule has 0 aromatic carbocycles. The predicted molar refractivity (Wildman–Crippen MR) is 98.0 cm³/mol. The second kappa shape index (κ2) is 9.66. The van der Waals surface area contributed by atoms with E-state index >= 15 is 0 Å². The summed E-state index contributed by atoms with van der Waals surface area (Å²) in [5.41, 5.74) is 1.12. The highest BCUT2D eigenvalue weighted by Gasteiger charge is 2.24. The van der Waals surface area contributed by atoms with Crippen molar-refractivity contribution in [3.05, 3.63) is 42.3 Å². The van der Waals surface area contributed by atoms with Crippen LogP contribution in [-0.2, 0) is 0 Å². The zero-order chi connectivity index (χ0) is 17.3. The van der Waals surface area contributed by atoms with E-state index in [-0.39, 0.29) is 6.04 Å².